The maximum atomic E-state index is 13.2. The molecule has 1 N–H and O–H groups in total. The lowest BCUT2D eigenvalue weighted by atomic mass is 9.95. The predicted molar refractivity (Wildman–Crippen MR) is 114 cm³/mol. The smallest absolute Gasteiger partial charge is 0.240 e. The van der Waals surface area contributed by atoms with Gasteiger partial charge in [0.05, 0.1) is 12.2 Å². The van der Waals surface area contributed by atoms with E-state index in [9.17, 15) is 9.90 Å². The molecule has 0 bridgehead atoms. The van der Waals surface area contributed by atoms with Gasteiger partial charge in [0, 0.05) is 38.3 Å². The number of aryl methyl sites for hydroxylation is 1. The molecule has 4 rings (SSSR count). The summed E-state index contributed by atoms with van der Waals surface area (Å²) in [6.45, 7) is 10.4. The molecule has 1 atom stereocenters. The molecule has 2 aromatic rings. The Labute approximate surface area is 172 Å². The summed E-state index contributed by atoms with van der Waals surface area (Å²) in [5, 5.41) is 9.49. The van der Waals surface area contributed by atoms with Crippen molar-refractivity contribution in [2.45, 2.75) is 45.3 Å². The molecule has 29 heavy (non-hydrogen) atoms. The van der Waals surface area contributed by atoms with Gasteiger partial charge in [-0.3, -0.25) is 9.69 Å². The molecule has 1 unspecified atom stereocenters. The molecule has 0 aliphatic carbocycles. The molecule has 3 heterocycles. The molecule has 1 amide bonds. The van der Waals surface area contributed by atoms with Crippen molar-refractivity contribution in [2.24, 2.45) is 0 Å². The molecule has 1 aromatic heterocycles. The third-order valence-corrected chi connectivity index (χ3v) is 6.16. The van der Waals surface area contributed by atoms with E-state index in [1.54, 1.807) is 6.07 Å². The van der Waals surface area contributed by atoms with Gasteiger partial charge < -0.3 is 14.9 Å². The molecular weight excluding hydrogens is 364 g/mol. The SMILES string of the molecule is Cc1ccc(CN2CCC(N3CCN(c4ccc(O)cn4)CC3(C)C)C2=O)cc1. The Hall–Kier alpha value is -2.60. The van der Waals surface area contributed by atoms with Crippen LogP contribution in [-0.4, -0.2) is 63.6 Å². The summed E-state index contributed by atoms with van der Waals surface area (Å²) in [4.78, 5) is 24.1. The van der Waals surface area contributed by atoms with Crippen molar-refractivity contribution in [1.29, 1.82) is 0 Å². The van der Waals surface area contributed by atoms with E-state index in [0.717, 1.165) is 38.4 Å². The fourth-order valence-corrected chi connectivity index (χ4v) is 4.59. The van der Waals surface area contributed by atoms with Crippen molar-refractivity contribution in [3.05, 3.63) is 53.7 Å². The lowest BCUT2D eigenvalue weighted by Crippen LogP contribution is -2.63. The van der Waals surface area contributed by atoms with Crippen LogP contribution in [0.5, 0.6) is 5.75 Å². The number of aromatic nitrogens is 1. The largest absolute Gasteiger partial charge is 0.506 e. The zero-order chi connectivity index (χ0) is 20.6. The van der Waals surface area contributed by atoms with Crippen LogP contribution in [0.25, 0.3) is 0 Å². The minimum absolute atomic E-state index is 0.0506. The topological polar surface area (TPSA) is 59.9 Å². The molecule has 2 aliphatic rings. The van der Waals surface area contributed by atoms with Crippen LogP contribution in [0, 0.1) is 6.92 Å². The molecule has 2 aliphatic heterocycles. The Bertz CT molecular complexity index is 863. The molecule has 154 valence electrons. The van der Waals surface area contributed by atoms with Crippen LogP contribution in [0.3, 0.4) is 0 Å². The number of anilines is 1. The standard InChI is InChI=1S/C23H30N4O2/c1-17-4-6-18(7-5-17)15-25-11-10-20(22(25)29)27-13-12-26(16-23(27,2)3)21-9-8-19(28)14-24-21/h4-9,14,20,28H,10-13,15-16H2,1-3H3. The van der Waals surface area contributed by atoms with Gasteiger partial charge in [0.2, 0.25) is 5.91 Å². The zero-order valence-electron chi connectivity index (χ0n) is 17.5. The Morgan fingerprint density at radius 3 is 2.52 bits per heavy atom. The van der Waals surface area contributed by atoms with Crippen molar-refractivity contribution in [2.75, 3.05) is 31.1 Å². The predicted octanol–water partition coefficient (Wildman–Crippen LogP) is 2.80. The summed E-state index contributed by atoms with van der Waals surface area (Å²) in [5.74, 6) is 1.29. The van der Waals surface area contributed by atoms with Crippen LogP contribution < -0.4 is 4.90 Å². The summed E-state index contributed by atoms with van der Waals surface area (Å²) >= 11 is 0. The quantitative estimate of drug-likeness (QED) is 0.864. The number of pyridine rings is 1. The number of carbonyl (C=O) groups is 1. The maximum Gasteiger partial charge on any atom is 0.240 e. The number of benzene rings is 1. The summed E-state index contributed by atoms with van der Waals surface area (Å²) < 4.78 is 0. The molecule has 0 radical (unpaired) electrons. The fraction of sp³-hybridized carbons (Fsp3) is 0.478. The molecule has 0 spiro atoms. The van der Waals surface area contributed by atoms with Crippen LogP contribution >= 0.6 is 0 Å². The van der Waals surface area contributed by atoms with Gasteiger partial charge in [-0.15, -0.1) is 0 Å². The van der Waals surface area contributed by atoms with Crippen molar-refractivity contribution < 1.29 is 9.90 Å². The van der Waals surface area contributed by atoms with Crippen LogP contribution in [0.4, 0.5) is 5.82 Å². The summed E-state index contributed by atoms with van der Waals surface area (Å²) in [5.41, 5.74) is 2.28. The third kappa shape index (κ3) is 4.08. The van der Waals surface area contributed by atoms with Gasteiger partial charge in [0.15, 0.2) is 0 Å². The maximum absolute atomic E-state index is 13.2. The Morgan fingerprint density at radius 1 is 1.10 bits per heavy atom. The molecule has 1 aromatic carbocycles. The lowest BCUT2D eigenvalue weighted by Gasteiger charge is -2.49. The van der Waals surface area contributed by atoms with E-state index in [2.05, 4.69) is 59.8 Å². The van der Waals surface area contributed by atoms with Crippen LogP contribution in [0.1, 0.15) is 31.4 Å². The molecular formula is C23H30N4O2. The number of hydrogen-bond donors (Lipinski definition) is 1. The normalized spacial score (nSPS) is 22.3. The van der Waals surface area contributed by atoms with Gasteiger partial charge in [-0.2, -0.15) is 0 Å². The first-order chi connectivity index (χ1) is 13.8. The first kappa shape index (κ1) is 19.7. The van der Waals surface area contributed by atoms with Crippen molar-refractivity contribution >= 4 is 11.7 Å². The van der Waals surface area contributed by atoms with E-state index in [1.165, 1.54) is 17.3 Å². The van der Waals surface area contributed by atoms with Crippen molar-refractivity contribution in [1.82, 2.24) is 14.8 Å². The molecule has 2 saturated heterocycles. The first-order valence-corrected chi connectivity index (χ1v) is 10.3. The van der Waals surface area contributed by atoms with E-state index < -0.39 is 0 Å². The summed E-state index contributed by atoms with van der Waals surface area (Å²) in [6, 6.07) is 11.9. The van der Waals surface area contributed by atoms with E-state index in [-0.39, 0.29) is 23.2 Å². The van der Waals surface area contributed by atoms with Crippen molar-refractivity contribution in [3.63, 3.8) is 0 Å². The number of likely N-dealkylation sites (tertiary alicyclic amines) is 1. The van der Waals surface area contributed by atoms with E-state index in [0.29, 0.717) is 6.54 Å². The number of amides is 1. The monoisotopic (exact) mass is 394 g/mol. The molecule has 2 fully saturated rings. The Morgan fingerprint density at radius 2 is 1.86 bits per heavy atom. The number of carbonyl (C=O) groups excluding carboxylic acids is 1. The number of aromatic hydroxyl groups is 1. The van der Waals surface area contributed by atoms with Crippen molar-refractivity contribution in [3.8, 4) is 5.75 Å². The van der Waals surface area contributed by atoms with Crippen LogP contribution in [0.15, 0.2) is 42.6 Å². The number of piperazine rings is 1. The Kier molecular flexibility index (Phi) is 5.21. The second-order valence-corrected chi connectivity index (χ2v) is 8.85. The van der Waals surface area contributed by atoms with Gasteiger partial charge >= 0.3 is 0 Å². The summed E-state index contributed by atoms with van der Waals surface area (Å²) in [6.07, 6.45) is 2.36. The van der Waals surface area contributed by atoms with Gasteiger partial charge in [-0.25, -0.2) is 4.98 Å². The first-order valence-electron chi connectivity index (χ1n) is 10.3. The second-order valence-electron chi connectivity index (χ2n) is 8.85. The van der Waals surface area contributed by atoms with Crippen LogP contribution in [0.2, 0.25) is 0 Å². The average molecular weight is 395 g/mol. The highest BCUT2D eigenvalue weighted by molar-refractivity contribution is 5.84. The molecule has 0 saturated carbocycles. The number of nitrogens with zero attached hydrogens (tertiary/aromatic N) is 4. The average Bonchev–Trinajstić information content (AvgIpc) is 3.03. The third-order valence-electron chi connectivity index (χ3n) is 6.16. The fourth-order valence-electron chi connectivity index (χ4n) is 4.59. The minimum atomic E-state index is -0.141. The van der Waals surface area contributed by atoms with Gasteiger partial charge in [0.25, 0.3) is 0 Å². The van der Waals surface area contributed by atoms with Crippen LogP contribution in [-0.2, 0) is 11.3 Å². The van der Waals surface area contributed by atoms with Gasteiger partial charge in [-0.1, -0.05) is 29.8 Å². The number of hydrogen-bond acceptors (Lipinski definition) is 5. The highest BCUT2D eigenvalue weighted by Gasteiger charge is 2.44. The highest BCUT2D eigenvalue weighted by atomic mass is 16.3. The number of rotatable bonds is 4. The van der Waals surface area contributed by atoms with E-state index in [4.69, 9.17) is 0 Å². The van der Waals surface area contributed by atoms with Gasteiger partial charge in [-0.05, 0) is 44.9 Å². The van der Waals surface area contributed by atoms with E-state index in [1.807, 2.05) is 11.0 Å². The van der Waals surface area contributed by atoms with Gasteiger partial charge in [0.1, 0.15) is 11.6 Å². The minimum Gasteiger partial charge on any atom is -0.506 e. The lowest BCUT2D eigenvalue weighted by molar-refractivity contribution is -0.134. The molecule has 6 heteroatoms. The zero-order valence-corrected chi connectivity index (χ0v) is 17.5. The second kappa shape index (κ2) is 7.67. The Balaban J connectivity index is 1.42. The molecule has 6 nitrogen and oxygen atoms in total. The highest BCUT2D eigenvalue weighted by Crippen LogP contribution is 2.31. The summed E-state index contributed by atoms with van der Waals surface area (Å²) in [7, 11) is 0. The van der Waals surface area contributed by atoms with E-state index >= 15 is 0 Å².